The molecule has 37 heavy (non-hydrogen) atoms. The van der Waals surface area contributed by atoms with Crippen molar-refractivity contribution in [3.8, 4) is 28.4 Å². The lowest BCUT2D eigenvalue weighted by Crippen LogP contribution is -2.56. The molecule has 0 amide bonds. The van der Waals surface area contributed by atoms with Gasteiger partial charge in [0.05, 0.1) is 35.0 Å². The predicted molar refractivity (Wildman–Crippen MR) is 138 cm³/mol. The number of nitrogens with one attached hydrogen (secondary N) is 1. The number of H-pyrrole nitrogens is 1. The highest BCUT2D eigenvalue weighted by Crippen LogP contribution is 2.32. The molecule has 0 bridgehead atoms. The third kappa shape index (κ3) is 5.19. The molecular weight excluding hydrogens is 498 g/mol. The topological polar surface area (TPSA) is 141 Å². The Bertz CT molecular complexity index is 1380. The first-order valence-electron chi connectivity index (χ1n) is 11.9. The second-order valence-electron chi connectivity index (χ2n) is 9.64. The number of ether oxygens (including phenoxy) is 2. The van der Waals surface area contributed by atoms with E-state index in [2.05, 4.69) is 15.0 Å². The van der Waals surface area contributed by atoms with E-state index in [1.165, 1.54) is 0 Å². The Morgan fingerprint density at radius 1 is 1.00 bits per heavy atom. The van der Waals surface area contributed by atoms with Gasteiger partial charge in [-0.25, -0.2) is 4.98 Å². The van der Waals surface area contributed by atoms with Gasteiger partial charge in [0, 0.05) is 5.56 Å². The average molecular weight is 526 g/mol. The summed E-state index contributed by atoms with van der Waals surface area (Å²) in [5.74, 6) is 0. The van der Waals surface area contributed by atoms with Crippen molar-refractivity contribution in [2.45, 2.75) is 43.9 Å². The van der Waals surface area contributed by atoms with E-state index in [-0.39, 0.29) is 12.6 Å². The number of imidazole rings is 1. The van der Waals surface area contributed by atoms with Crippen molar-refractivity contribution in [3.63, 3.8) is 0 Å². The highest BCUT2D eigenvalue weighted by atomic mass is 35.5. The van der Waals surface area contributed by atoms with Crippen molar-refractivity contribution in [2.75, 3.05) is 13.2 Å². The predicted octanol–water partition coefficient (Wildman–Crippen LogP) is 3.03. The monoisotopic (exact) mass is 525 g/mol. The van der Waals surface area contributed by atoms with E-state index in [1.54, 1.807) is 19.9 Å². The van der Waals surface area contributed by atoms with Crippen molar-refractivity contribution in [1.29, 1.82) is 0 Å². The molecule has 2 aromatic carbocycles. The van der Waals surface area contributed by atoms with Crippen LogP contribution in [0.15, 0.2) is 54.6 Å². The van der Waals surface area contributed by atoms with Crippen LogP contribution in [-0.2, 0) is 10.3 Å². The Morgan fingerprint density at radius 2 is 1.62 bits per heavy atom. The van der Waals surface area contributed by atoms with Crippen LogP contribution in [-0.4, -0.2) is 73.0 Å². The van der Waals surface area contributed by atoms with Crippen molar-refractivity contribution in [2.24, 2.45) is 0 Å². The molecule has 0 radical (unpaired) electrons. The molecule has 1 aliphatic rings. The van der Waals surface area contributed by atoms with Crippen molar-refractivity contribution < 1.29 is 29.9 Å². The van der Waals surface area contributed by atoms with Gasteiger partial charge in [0.25, 0.3) is 6.01 Å². The minimum absolute atomic E-state index is 0.0211. The molecule has 10 heteroatoms. The largest absolute Gasteiger partial charge is 0.456 e. The van der Waals surface area contributed by atoms with E-state index in [9.17, 15) is 20.4 Å². The van der Waals surface area contributed by atoms with Crippen LogP contribution < -0.4 is 4.74 Å². The summed E-state index contributed by atoms with van der Waals surface area (Å²) in [6.07, 6.45) is -4.28. The number of rotatable bonds is 6. The number of aliphatic hydroxyl groups excluding tert-OH is 3. The number of hydrogen-bond acceptors (Lipinski definition) is 8. The van der Waals surface area contributed by atoms with Gasteiger partial charge in [-0.2, -0.15) is 4.98 Å². The maximum atomic E-state index is 10.3. The first-order valence-corrected chi connectivity index (χ1v) is 12.3. The summed E-state index contributed by atoms with van der Waals surface area (Å²) in [4.78, 5) is 11.9. The van der Waals surface area contributed by atoms with Gasteiger partial charge in [-0.15, -0.1) is 0 Å². The van der Waals surface area contributed by atoms with Crippen molar-refractivity contribution in [1.82, 2.24) is 15.0 Å². The van der Waals surface area contributed by atoms with Gasteiger partial charge < -0.3 is 34.9 Å². The molecule has 4 aromatic rings. The molecule has 5 N–H and O–H groups in total. The van der Waals surface area contributed by atoms with Crippen LogP contribution >= 0.6 is 11.6 Å². The lowest BCUT2D eigenvalue weighted by atomic mass is 9.95. The van der Waals surface area contributed by atoms with E-state index >= 15 is 0 Å². The summed E-state index contributed by atoms with van der Waals surface area (Å²) in [6, 6.07) is 17.4. The van der Waals surface area contributed by atoms with Crippen LogP contribution in [0.1, 0.15) is 19.4 Å². The molecule has 0 saturated carbocycles. The zero-order valence-corrected chi connectivity index (χ0v) is 21.1. The Labute approximate surface area is 218 Å². The zero-order valence-electron chi connectivity index (χ0n) is 20.3. The highest BCUT2D eigenvalue weighted by Gasteiger charge is 2.39. The van der Waals surface area contributed by atoms with Gasteiger partial charge in [0.15, 0.2) is 11.8 Å². The van der Waals surface area contributed by atoms with Crippen LogP contribution in [0.2, 0.25) is 5.02 Å². The van der Waals surface area contributed by atoms with Gasteiger partial charge in [-0.1, -0.05) is 60.1 Å². The maximum absolute atomic E-state index is 10.3. The Kier molecular flexibility index (Phi) is 6.93. The van der Waals surface area contributed by atoms with E-state index in [0.29, 0.717) is 21.9 Å². The van der Waals surface area contributed by atoms with Gasteiger partial charge in [-0.3, -0.25) is 0 Å². The molecule has 1 fully saturated rings. The van der Waals surface area contributed by atoms with E-state index in [1.807, 2.05) is 48.5 Å². The first-order chi connectivity index (χ1) is 17.6. The zero-order chi connectivity index (χ0) is 26.3. The number of nitrogens with zero attached hydrogens (tertiary/aromatic N) is 2. The van der Waals surface area contributed by atoms with Gasteiger partial charge in [0.2, 0.25) is 0 Å². The smallest absolute Gasteiger partial charge is 0.296 e. The molecule has 9 nitrogen and oxygen atoms in total. The first kappa shape index (κ1) is 25.6. The molecule has 0 aliphatic carbocycles. The third-order valence-electron chi connectivity index (χ3n) is 6.52. The number of pyridine rings is 1. The fraction of sp³-hybridized carbons (Fsp3) is 0.333. The van der Waals surface area contributed by atoms with Gasteiger partial charge in [-0.05, 0) is 36.6 Å². The quantitative estimate of drug-likeness (QED) is 0.259. The fourth-order valence-electron chi connectivity index (χ4n) is 4.31. The number of hydrogen-bond donors (Lipinski definition) is 5. The molecule has 2 aromatic heterocycles. The normalized spacial score (nSPS) is 22.4. The molecule has 5 rings (SSSR count). The summed E-state index contributed by atoms with van der Waals surface area (Å²) >= 11 is 6.54. The highest BCUT2D eigenvalue weighted by molar-refractivity contribution is 6.33. The number of halogens is 1. The van der Waals surface area contributed by atoms with Crippen LogP contribution in [0, 0.1) is 0 Å². The number of aromatic amines is 1. The summed E-state index contributed by atoms with van der Waals surface area (Å²) in [7, 11) is 0. The van der Waals surface area contributed by atoms with Gasteiger partial charge in [0.1, 0.15) is 18.3 Å². The lowest BCUT2D eigenvalue weighted by molar-refractivity contribution is -0.189. The Balaban J connectivity index is 1.35. The van der Waals surface area contributed by atoms with Gasteiger partial charge >= 0.3 is 0 Å². The fourth-order valence-corrected chi connectivity index (χ4v) is 4.57. The molecule has 4 atom stereocenters. The van der Waals surface area contributed by atoms with Crippen LogP contribution in [0.5, 0.6) is 6.01 Å². The number of fused-ring (bicyclic) bond motifs is 1. The summed E-state index contributed by atoms with van der Waals surface area (Å²) in [5.41, 5.74) is 4.27. The van der Waals surface area contributed by atoms with Crippen LogP contribution in [0.25, 0.3) is 33.5 Å². The summed E-state index contributed by atoms with van der Waals surface area (Å²) in [6.45, 7) is 3.08. The minimum Gasteiger partial charge on any atom is -0.456 e. The third-order valence-corrected chi connectivity index (χ3v) is 6.81. The van der Waals surface area contributed by atoms with Crippen molar-refractivity contribution in [3.05, 3.63) is 65.2 Å². The van der Waals surface area contributed by atoms with E-state index < -0.39 is 36.6 Å². The summed E-state index contributed by atoms with van der Waals surface area (Å²) < 4.78 is 11.1. The summed E-state index contributed by atoms with van der Waals surface area (Å²) in [5, 5.41) is 40.2. The standard InChI is InChI=1S/C27H28ClN3O6/c1-27(2,35)17-9-7-15(8-10-17)14-3-5-16(6-4-14)22-18(28)11-19-25(30-22)31-26(29-19)37-21-13-36-20(12-32)23(33)24(21)34/h3-11,20-21,23-24,32-35H,12-13H2,1-2H3,(H,29,30,31)/t20-,21+,23-,24-/m1/s1. The number of benzene rings is 2. The second-order valence-corrected chi connectivity index (χ2v) is 10.0. The molecule has 0 spiro atoms. The lowest BCUT2D eigenvalue weighted by Gasteiger charge is -2.36. The maximum Gasteiger partial charge on any atom is 0.296 e. The van der Waals surface area contributed by atoms with E-state index in [4.69, 9.17) is 21.1 Å². The Hall–Kier alpha value is -3.05. The molecule has 1 saturated heterocycles. The molecule has 3 heterocycles. The van der Waals surface area contributed by atoms with E-state index in [0.717, 1.165) is 22.3 Å². The van der Waals surface area contributed by atoms with Crippen molar-refractivity contribution >= 4 is 22.8 Å². The van der Waals surface area contributed by atoms with Crippen LogP contribution in [0.4, 0.5) is 0 Å². The molecule has 194 valence electrons. The molecule has 1 aliphatic heterocycles. The molecule has 0 unspecified atom stereocenters. The van der Waals surface area contributed by atoms with Crippen LogP contribution in [0.3, 0.4) is 0 Å². The number of aromatic nitrogens is 3. The number of aliphatic hydroxyl groups is 4. The average Bonchev–Trinajstić information content (AvgIpc) is 3.27. The molecular formula is C27H28ClN3O6. The minimum atomic E-state index is -1.28. The Morgan fingerprint density at radius 3 is 2.24 bits per heavy atom. The second kappa shape index (κ2) is 10.0. The SMILES string of the molecule is CC(C)(O)c1ccc(-c2ccc(-c3nc4nc(O[C@H]5CO[C@H](CO)[C@@H](O)[C@@H]5O)[nH]c4cc3Cl)cc2)cc1.